The SMILES string of the molecule is CCCC1C(OC)=CC2(C=C1OC)CCN(CCCCCCN1CCCC1)C2=O. The molecule has 0 aromatic heterocycles. The van der Waals surface area contributed by atoms with Crippen LogP contribution >= 0.6 is 0 Å². The molecule has 0 aromatic rings. The zero-order valence-electron chi connectivity index (χ0n) is 18.8. The van der Waals surface area contributed by atoms with Crippen molar-refractivity contribution in [2.75, 3.05) is 46.9 Å². The average molecular weight is 405 g/mol. The van der Waals surface area contributed by atoms with Crippen LogP contribution in [-0.2, 0) is 14.3 Å². The number of methoxy groups -OCH3 is 2. The van der Waals surface area contributed by atoms with Crippen LogP contribution in [0.15, 0.2) is 23.7 Å². The molecule has 0 aromatic carbocycles. The fourth-order valence-corrected chi connectivity index (χ4v) is 5.17. The summed E-state index contributed by atoms with van der Waals surface area (Å²) in [4.78, 5) is 17.9. The third-order valence-corrected chi connectivity index (χ3v) is 6.87. The van der Waals surface area contributed by atoms with Crippen molar-refractivity contribution in [1.29, 1.82) is 0 Å². The maximum absolute atomic E-state index is 13.3. The summed E-state index contributed by atoms with van der Waals surface area (Å²) in [6, 6.07) is 0. The maximum atomic E-state index is 13.3. The lowest BCUT2D eigenvalue weighted by atomic mass is 9.77. The van der Waals surface area contributed by atoms with Gasteiger partial charge in [0.05, 0.1) is 25.6 Å². The summed E-state index contributed by atoms with van der Waals surface area (Å²) in [6.45, 7) is 7.69. The van der Waals surface area contributed by atoms with Crippen LogP contribution in [0.1, 0.15) is 64.7 Å². The van der Waals surface area contributed by atoms with Gasteiger partial charge in [0.2, 0.25) is 5.91 Å². The van der Waals surface area contributed by atoms with Crippen LogP contribution in [0.25, 0.3) is 0 Å². The minimum Gasteiger partial charge on any atom is -0.501 e. The van der Waals surface area contributed by atoms with Crippen LogP contribution in [0.4, 0.5) is 0 Å². The van der Waals surface area contributed by atoms with E-state index in [2.05, 4.69) is 24.0 Å². The third-order valence-electron chi connectivity index (χ3n) is 6.87. The third kappa shape index (κ3) is 5.17. The van der Waals surface area contributed by atoms with Crippen molar-refractivity contribution < 1.29 is 14.3 Å². The first-order valence-electron chi connectivity index (χ1n) is 11.7. The number of carbonyl (C=O) groups is 1. The first kappa shape index (κ1) is 22.2. The molecule has 0 atom stereocenters. The Kier molecular flexibility index (Phi) is 8.05. The summed E-state index contributed by atoms with van der Waals surface area (Å²) in [5.41, 5.74) is -0.573. The predicted molar refractivity (Wildman–Crippen MR) is 116 cm³/mol. The van der Waals surface area contributed by atoms with Gasteiger partial charge < -0.3 is 19.3 Å². The Labute approximate surface area is 177 Å². The second-order valence-electron chi connectivity index (χ2n) is 8.89. The van der Waals surface area contributed by atoms with Gasteiger partial charge in [-0.3, -0.25) is 4.79 Å². The molecule has 3 rings (SSSR count). The van der Waals surface area contributed by atoms with Crippen LogP contribution in [0.3, 0.4) is 0 Å². The highest BCUT2D eigenvalue weighted by Crippen LogP contribution is 2.44. The Hall–Kier alpha value is -1.49. The molecule has 0 saturated carbocycles. The summed E-state index contributed by atoms with van der Waals surface area (Å²) in [7, 11) is 3.42. The van der Waals surface area contributed by atoms with E-state index in [-0.39, 0.29) is 11.8 Å². The van der Waals surface area contributed by atoms with Crippen molar-refractivity contribution in [2.24, 2.45) is 11.3 Å². The topological polar surface area (TPSA) is 42.0 Å². The first-order chi connectivity index (χ1) is 14.1. The van der Waals surface area contributed by atoms with Crippen molar-refractivity contribution in [3.8, 4) is 0 Å². The van der Waals surface area contributed by atoms with E-state index in [9.17, 15) is 4.79 Å². The minimum absolute atomic E-state index is 0.137. The Morgan fingerprint density at radius 3 is 2.17 bits per heavy atom. The van der Waals surface area contributed by atoms with E-state index in [1.807, 2.05) is 4.90 Å². The summed E-state index contributed by atoms with van der Waals surface area (Å²) in [5, 5.41) is 0. The molecule has 2 heterocycles. The van der Waals surface area contributed by atoms with Gasteiger partial charge in [-0.1, -0.05) is 26.2 Å². The number of unbranched alkanes of at least 4 members (excludes halogenated alkanes) is 3. The first-order valence-corrected chi connectivity index (χ1v) is 11.7. The fraction of sp³-hybridized carbons (Fsp3) is 0.792. The Morgan fingerprint density at radius 2 is 1.59 bits per heavy atom. The van der Waals surface area contributed by atoms with E-state index in [1.165, 1.54) is 51.7 Å². The molecule has 2 saturated heterocycles. The molecule has 0 bridgehead atoms. The van der Waals surface area contributed by atoms with Crippen molar-refractivity contribution in [1.82, 2.24) is 9.80 Å². The fourth-order valence-electron chi connectivity index (χ4n) is 5.17. The molecule has 1 aliphatic carbocycles. The lowest BCUT2D eigenvalue weighted by molar-refractivity contribution is -0.132. The van der Waals surface area contributed by atoms with E-state index in [1.54, 1.807) is 14.2 Å². The molecule has 2 aliphatic heterocycles. The van der Waals surface area contributed by atoms with Crippen LogP contribution in [0.5, 0.6) is 0 Å². The quantitative estimate of drug-likeness (QED) is 0.480. The lowest BCUT2D eigenvalue weighted by Gasteiger charge is -2.32. The molecular weight excluding hydrogens is 364 g/mol. The molecule has 3 aliphatic rings. The molecule has 5 nitrogen and oxygen atoms in total. The molecule has 5 heteroatoms. The van der Waals surface area contributed by atoms with Gasteiger partial charge in [0.15, 0.2) is 0 Å². The molecule has 0 radical (unpaired) electrons. The number of carbonyl (C=O) groups excluding carboxylic acids is 1. The zero-order chi connectivity index (χ0) is 20.7. The van der Waals surface area contributed by atoms with Crippen LogP contribution in [0.2, 0.25) is 0 Å². The Bertz CT molecular complexity index is 585. The maximum Gasteiger partial charge on any atom is 0.236 e. The van der Waals surface area contributed by atoms with Gasteiger partial charge >= 0.3 is 0 Å². The van der Waals surface area contributed by atoms with Crippen LogP contribution < -0.4 is 0 Å². The molecule has 0 unspecified atom stereocenters. The second kappa shape index (κ2) is 10.5. The monoisotopic (exact) mass is 404 g/mol. The van der Waals surface area contributed by atoms with E-state index < -0.39 is 5.41 Å². The van der Waals surface area contributed by atoms with Gasteiger partial charge in [0.25, 0.3) is 0 Å². The van der Waals surface area contributed by atoms with Crippen molar-refractivity contribution in [3.05, 3.63) is 23.7 Å². The van der Waals surface area contributed by atoms with Crippen molar-refractivity contribution in [3.63, 3.8) is 0 Å². The van der Waals surface area contributed by atoms with Gasteiger partial charge in [-0.25, -0.2) is 0 Å². The lowest BCUT2D eigenvalue weighted by Crippen LogP contribution is -2.36. The van der Waals surface area contributed by atoms with Gasteiger partial charge in [0.1, 0.15) is 11.5 Å². The second-order valence-corrected chi connectivity index (χ2v) is 8.89. The minimum atomic E-state index is -0.573. The smallest absolute Gasteiger partial charge is 0.236 e. The van der Waals surface area contributed by atoms with E-state index in [0.717, 1.165) is 50.3 Å². The van der Waals surface area contributed by atoms with Crippen LogP contribution in [-0.4, -0.2) is 62.7 Å². The normalized spacial score (nSPS) is 27.5. The van der Waals surface area contributed by atoms with Crippen molar-refractivity contribution in [2.45, 2.75) is 64.7 Å². The average Bonchev–Trinajstić information content (AvgIpc) is 3.35. The highest BCUT2D eigenvalue weighted by Gasteiger charge is 2.47. The summed E-state index contributed by atoms with van der Waals surface area (Å²) in [5.74, 6) is 2.14. The number of hydrogen-bond donors (Lipinski definition) is 0. The zero-order valence-corrected chi connectivity index (χ0v) is 18.8. The molecule has 2 fully saturated rings. The number of amides is 1. The molecule has 164 valence electrons. The number of likely N-dealkylation sites (tertiary alicyclic amines) is 2. The van der Waals surface area contributed by atoms with E-state index in [0.29, 0.717) is 0 Å². The Balaban J connectivity index is 1.50. The highest BCUT2D eigenvalue weighted by atomic mass is 16.5. The standard InChI is InChI=1S/C24H40N2O3/c1-4-11-20-21(28-2)18-24(19-22(20)29-3)12-17-26(23(24)27)16-8-6-5-7-13-25-14-9-10-15-25/h18-20H,4-17H2,1-3H3. The Morgan fingerprint density at radius 1 is 0.966 bits per heavy atom. The molecule has 1 spiro atoms. The van der Waals surface area contributed by atoms with Crippen molar-refractivity contribution >= 4 is 5.91 Å². The molecular formula is C24H40N2O3. The molecule has 0 N–H and O–H groups in total. The highest BCUT2D eigenvalue weighted by molar-refractivity contribution is 5.89. The van der Waals surface area contributed by atoms with Crippen LogP contribution in [0, 0.1) is 11.3 Å². The summed E-state index contributed by atoms with van der Waals surface area (Å²) >= 11 is 0. The van der Waals surface area contributed by atoms with Gasteiger partial charge in [-0.05, 0) is 70.3 Å². The number of ether oxygens (including phenoxy) is 2. The number of nitrogens with zero attached hydrogens (tertiary/aromatic N) is 2. The number of hydrogen-bond acceptors (Lipinski definition) is 4. The number of rotatable bonds is 11. The van der Waals surface area contributed by atoms with Gasteiger partial charge in [-0.2, -0.15) is 0 Å². The molecule has 29 heavy (non-hydrogen) atoms. The molecule has 1 amide bonds. The summed E-state index contributed by atoms with van der Waals surface area (Å²) < 4.78 is 11.4. The van der Waals surface area contributed by atoms with E-state index in [4.69, 9.17) is 9.47 Å². The summed E-state index contributed by atoms with van der Waals surface area (Å²) in [6.07, 6.45) is 14.6. The van der Waals surface area contributed by atoms with E-state index >= 15 is 0 Å². The predicted octanol–water partition coefficient (Wildman–Crippen LogP) is 4.35. The largest absolute Gasteiger partial charge is 0.501 e. The van der Waals surface area contributed by atoms with Gasteiger partial charge in [0, 0.05) is 13.1 Å². The van der Waals surface area contributed by atoms with Gasteiger partial charge in [-0.15, -0.1) is 0 Å².